The molecule has 39 heavy (non-hydrogen) atoms. The van der Waals surface area contributed by atoms with Crippen LogP contribution in [-0.2, 0) is 26.2 Å². The van der Waals surface area contributed by atoms with E-state index in [9.17, 15) is 18.0 Å². The van der Waals surface area contributed by atoms with Gasteiger partial charge >= 0.3 is 0 Å². The van der Waals surface area contributed by atoms with Crippen molar-refractivity contribution in [2.45, 2.75) is 71.0 Å². The van der Waals surface area contributed by atoms with Crippen LogP contribution in [0.1, 0.15) is 56.6 Å². The molecular weight excluding hydrogens is 561 g/mol. The molecule has 2 aromatic rings. The highest BCUT2D eigenvalue weighted by Gasteiger charge is 2.34. The molecule has 0 heterocycles. The molecule has 214 valence electrons. The summed E-state index contributed by atoms with van der Waals surface area (Å²) in [5.74, 6) is -0.490. The lowest BCUT2D eigenvalue weighted by atomic mass is 9.95. The first-order chi connectivity index (χ1) is 18.4. The maximum atomic E-state index is 14.0. The number of methoxy groups -OCH3 is 1. The molecule has 0 saturated heterocycles. The van der Waals surface area contributed by atoms with Crippen LogP contribution in [0.4, 0.5) is 5.69 Å². The number of nitrogens with one attached hydrogen (secondary N) is 1. The number of carbonyl (C=O) groups is 2. The Hall–Kier alpha value is -2.49. The van der Waals surface area contributed by atoms with E-state index in [2.05, 4.69) is 5.32 Å². The van der Waals surface area contributed by atoms with E-state index in [-0.39, 0.29) is 24.2 Å². The maximum absolute atomic E-state index is 14.0. The molecule has 0 radical (unpaired) electrons. The van der Waals surface area contributed by atoms with Crippen molar-refractivity contribution in [3.8, 4) is 5.75 Å². The number of halogens is 2. The van der Waals surface area contributed by atoms with Crippen LogP contribution in [0.5, 0.6) is 5.75 Å². The SMILES string of the molecule is CC[C@H](C(=O)NC1CCCCC1)N(Cc1ccc(Cl)cc1Cl)C(=O)CN(c1cc(C)ccc1OC)S(C)(=O)=O. The number of aryl methyl sites for hydroxylation is 1. The van der Waals surface area contributed by atoms with Gasteiger partial charge < -0.3 is 15.0 Å². The van der Waals surface area contributed by atoms with Crippen molar-refractivity contribution in [3.63, 3.8) is 0 Å². The molecule has 2 aromatic carbocycles. The summed E-state index contributed by atoms with van der Waals surface area (Å²) in [5.41, 5.74) is 1.64. The fourth-order valence-electron chi connectivity index (χ4n) is 4.89. The van der Waals surface area contributed by atoms with E-state index in [1.54, 1.807) is 36.4 Å². The van der Waals surface area contributed by atoms with Gasteiger partial charge in [-0.25, -0.2) is 8.42 Å². The number of ether oxygens (including phenoxy) is 1. The average molecular weight is 599 g/mol. The molecule has 0 aliphatic heterocycles. The Labute approximate surface area is 241 Å². The highest BCUT2D eigenvalue weighted by atomic mass is 35.5. The lowest BCUT2D eigenvalue weighted by Gasteiger charge is -2.34. The van der Waals surface area contributed by atoms with Gasteiger partial charge in [0.1, 0.15) is 18.3 Å². The van der Waals surface area contributed by atoms with Crippen molar-refractivity contribution in [3.05, 3.63) is 57.6 Å². The molecule has 1 fully saturated rings. The van der Waals surface area contributed by atoms with Gasteiger partial charge in [-0.15, -0.1) is 0 Å². The number of hydrogen-bond donors (Lipinski definition) is 1. The van der Waals surface area contributed by atoms with Crippen molar-refractivity contribution in [2.75, 3.05) is 24.2 Å². The number of anilines is 1. The summed E-state index contributed by atoms with van der Waals surface area (Å²) in [4.78, 5) is 28.9. The quantitative estimate of drug-likeness (QED) is 0.377. The Morgan fingerprint density at radius 2 is 1.79 bits per heavy atom. The van der Waals surface area contributed by atoms with E-state index in [1.165, 1.54) is 12.0 Å². The van der Waals surface area contributed by atoms with Crippen LogP contribution < -0.4 is 14.4 Å². The predicted molar refractivity (Wildman–Crippen MR) is 156 cm³/mol. The van der Waals surface area contributed by atoms with Crippen LogP contribution in [0, 0.1) is 6.92 Å². The molecule has 0 unspecified atom stereocenters. The van der Waals surface area contributed by atoms with Crippen LogP contribution in [0.2, 0.25) is 10.0 Å². The second kappa shape index (κ2) is 13.7. The maximum Gasteiger partial charge on any atom is 0.244 e. The monoisotopic (exact) mass is 597 g/mol. The Kier molecular flexibility index (Phi) is 10.9. The first kappa shape index (κ1) is 31.0. The van der Waals surface area contributed by atoms with Gasteiger partial charge in [0.15, 0.2) is 0 Å². The normalized spacial score (nSPS) is 14.9. The summed E-state index contributed by atoms with van der Waals surface area (Å²) < 4.78 is 32.3. The second-order valence-electron chi connectivity index (χ2n) is 9.97. The zero-order chi connectivity index (χ0) is 28.7. The number of amides is 2. The third kappa shape index (κ3) is 8.25. The zero-order valence-electron chi connectivity index (χ0n) is 22.9. The average Bonchev–Trinajstić information content (AvgIpc) is 2.88. The summed E-state index contributed by atoms with van der Waals surface area (Å²) in [6.45, 7) is 3.14. The lowest BCUT2D eigenvalue weighted by molar-refractivity contribution is -0.140. The summed E-state index contributed by atoms with van der Waals surface area (Å²) in [5, 5.41) is 3.91. The van der Waals surface area contributed by atoms with E-state index >= 15 is 0 Å². The third-order valence-electron chi connectivity index (χ3n) is 6.98. The molecule has 1 N–H and O–H groups in total. The van der Waals surface area contributed by atoms with Gasteiger partial charge in [-0.3, -0.25) is 13.9 Å². The van der Waals surface area contributed by atoms with E-state index < -0.39 is 28.5 Å². The molecule has 0 aromatic heterocycles. The molecule has 1 saturated carbocycles. The largest absolute Gasteiger partial charge is 0.495 e. The van der Waals surface area contributed by atoms with Crippen molar-refractivity contribution in [1.29, 1.82) is 0 Å². The Balaban J connectivity index is 1.99. The minimum Gasteiger partial charge on any atom is -0.495 e. The van der Waals surface area contributed by atoms with Gasteiger partial charge in [0.2, 0.25) is 21.8 Å². The van der Waals surface area contributed by atoms with Crippen LogP contribution >= 0.6 is 23.2 Å². The van der Waals surface area contributed by atoms with Crippen LogP contribution in [0.25, 0.3) is 0 Å². The van der Waals surface area contributed by atoms with Crippen LogP contribution in [0.15, 0.2) is 36.4 Å². The first-order valence-corrected chi connectivity index (χ1v) is 15.7. The third-order valence-corrected chi connectivity index (χ3v) is 8.69. The molecule has 11 heteroatoms. The minimum atomic E-state index is -3.90. The summed E-state index contributed by atoms with van der Waals surface area (Å²) in [6, 6.07) is 9.27. The van der Waals surface area contributed by atoms with Gasteiger partial charge in [-0.05, 0) is 61.6 Å². The summed E-state index contributed by atoms with van der Waals surface area (Å²) in [6.07, 6.45) is 6.41. The molecule has 0 bridgehead atoms. The number of nitrogens with zero attached hydrogens (tertiary/aromatic N) is 2. The van der Waals surface area contributed by atoms with Crippen LogP contribution in [-0.4, -0.2) is 57.1 Å². The smallest absolute Gasteiger partial charge is 0.244 e. The van der Waals surface area contributed by atoms with Gasteiger partial charge in [0.05, 0.1) is 19.1 Å². The van der Waals surface area contributed by atoms with E-state index in [0.717, 1.165) is 48.2 Å². The van der Waals surface area contributed by atoms with Crippen molar-refractivity contribution >= 4 is 50.7 Å². The topological polar surface area (TPSA) is 96.0 Å². The molecule has 2 amide bonds. The number of sulfonamides is 1. The molecular formula is C28H37Cl2N3O5S. The first-order valence-electron chi connectivity index (χ1n) is 13.1. The van der Waals surface area contributed by atoms with Gasteiger partial charge in [-0.1, -0.05) is 61.5 Å². The molecule has 1 aliphatic rings. The number of carbonyl (C=O) groups excluding carboxylic acids is 2. The lowest BCUT2D eigenvalue weighted by Crippen LogP contribution is -2.54. The second-order valence-corrected chi connectivity index (χ2v) is 12.7. The standard InChI is InChI=1S/C28H37Cl2N3O5S/c1-5-24(28(35)31-22-9-7-6-8-10-22)32(17-20-12-13-21(29)16-23(20)30)27(34)18-33(39(4,36)37)25-15-19(2)11-14-26(25)38-3/h11-16,22,24H,5-10,17-18H2,1-4H3,(H,31,35)/t24-/m1/s1. The fraction of sp³-hybridized carbons (Fsp3) is 0.500. The van der Waals surface area contributed by atoms with Gasteiger partial charge in [0, 0.05) is 22.6 Å². The Morgan fingerprint density at radius 3 is 2.38 bits per heavy atom. The zero-order valence-corrected chi connectivity index (χ0v) is 25.2. The summed E-state index contributed by atoms with van der Waals surface area (Å²) in [7, 11) is -2.46. The Morgan fingerprint density at radius 1 is 1.10 bits per heavy atom. The number of rotatable bonds is 11. The van der Waals surface area contributed by atoms with Crippen LogP contribution in [0.3, 0.4) is 0 Å². The summed E-state index contributed by atoms with van der Waals surface area (Å²) >= 11 is 12.5. The highest BCUT2D eigenvalue weighted by Crippen LogP contribution is 2.32. The molecule has 0 spiro atoms. The molecule has 8 nitrogen and oxygen atoms in total. The van der Waals surface area contributed by atoms with E-state index in [1.807, 2.05) is 13.8 Å². The number of hydrogen-bond acceptors (Lipinski definition) is 5. The highest BCUT2D eigenvalue weighted by molar-refractivity contribution is 7.92. The predicted octanol–water partition coefficient (Wildman–Crippen LogP) is 5.33. The van der Waals surface area contributed by atoms with Crippen molar-refractivity contribution in [2.24, 2.45) is 0 Å². The van der Waals surface area contributed by atoms with Gasteiger partial charge in [0.25, 0.3) is 0 Å². The molecule has 1 atom stereocenters. The number of benzene rings is 2. The van der Waals surface area contributed by atoms with Crippen molar-refractivity contribution < 1.29 is 22.7 Å². The van der Waals surface area contributed by atoms with Gasteiger partial charge in [-0.2, -0.15) is 0 Å². The van der Waals surface area contributed by atoms with E-state index in [0.29, 0.717) is 27.8 Å². The molecule has 3 rings (SSSR count). The van der Waals surface area contributed by atoms with E-state index in [4.69, 9.17) is 27.9 Å². The Bertz CT molecular complexity index is 1280. The fourth-order valence-corrected chi connectivity index (χ4v) is 6.20. The minimum absolute atomic E-state index is 0.00792. The molecule has 1 aliphatic carbocycles. The van der Waals surface area contributed by atoms with Crippen molar-refractivity contribution in [1.82, 2.24) is 10.2 Å².